The predicted molar refractivity (Wildman–Crippen MR) is 79.9 cm³/mol. The normalized spacial score (nSPS) is 13.4. The van der Waals surface area contributed by atoms with E-state index in [4.69, 9.17) is 23.8 Å². The molecule has 1 aromatic carbocycles. The Balaban J connectivity index is 1.70. The van der Waals surface area contributed by atoms with Gasteiger partial charge in [0.15, 0.2) is 5.11 Å². The van der Waals surface area contributed by atoms with Crippen LogP contribution in [-0.4, -0.2) is 16.9 Å². The summed E-state index contributed by atoms with van der Waals surface area (Å²) in [6.45, 7) is 0. The second-order valence-corrected chi connectivity index (χ2v) is 5.41. The highest BCUT2D eigenvalue weighted by Crippen LogP contribution is 2.28. The summed E-state index contributed by atoms with van der Waals surface area (Å²) in [6, 6.07) is 6.99. The molecule has 106 valence electrons. The number of hydrazine groups is 1. The van der Waals surface area contributed by atoms with Gasteiger partial charge in [-0.15, -0.1) is 0 Å². The van der Waals surface area contributed by atoms with E-state index in [0.717, 1.165) is 18.4 Å². The van der Waals surface area contributed by atoms with Crippen LogP contribution in [0.3, 0.4) is 0 Å². The van der Waals surface area contributed by atoms with Crippen LogP contribution >= 0.6 is 23.8 Å². The van der Waals surface area contributed by atoms with Gasteiger partial charge in [-0.2, -0.15) is 0 Å². The van der Waals surface area contributed by atoms with E-state index in [1.165, 1.54) is 0 Å². The molecule has 0 aromatic heterocycles. The number of thiocarbonyl (C=S) groups is 1. The Labute approximate surface area is 127 Å². The molecule has 0 radical (unpaired) electrons. The molecule has 0 saturated heterocycles. The molecule has 1 aliphatic rings. The Bertz CT molecular complexity index is 529. The standard InChI is InChI=1S/C13H14ClN3O2S/c14-10-5-1-8(2-6-10)7-11(18)16-17-13(20)15-12(19)9-3-4-9/h1-2,5-6,9H,3-4,7H2,(H,16,18)(H2,15,17,19,20). The summed E-state index contributed by atoms with van der Waals surface area (Å²) in [4.78, 5) is 23.1. The zero-order valence-corrected chi connectivity index (χ0v) is 12.2. The van der Waals surface area contributed by atoms with Crippen molar-refractivity contribution in [2.45, 2.75) is 19.3 Å². The molecule has 2 rings (SSSR count). The molecule has 1 fully saturated rings. The van der Waals surface area contributed by atoms with Gasteiger partial charge in [0.25, 0.3) is 0 Å². The minimum absolute atomic E-state index is 0.0690. The van der Waals surface area contributed by atoms with Gasteiger partial charge in [0.05, 0.1) is 6.42 Å². The van der Waals surface area contributed by atoms with Gasteiger partial charge in [-0.05, 0) is 42.8 Å². The zero-order valence-electron chi connectivity index (χ0n) is 10.6. The van der Waals surface area contributed by atoms with Gasteiger partial charge in [0.2, 0.25) is 11.8 Å². The van der Waals surface area contributed by atoms with Crippen molar-refractivity contribution in [3.8, 4) is 0 Å². The number of benzene rings is 1. The number of hydrogen-bond donors (Lipinski definition) is 3. The van der Waals surface area contributed by atoms with Gasteiger partial charge in [0, 0.05) is 10.9 Å². The lowest BCUT2D eigenvalue weighted by Crippen LogP contribution is -2.49. The van der Waals surface area contributed by atoms with Gasteiger partial charge in [-0.1, -0.05) is 23.7 Å². The second kappa shape index (κ2) is 6.67. The summed E-state index contributed by atoms with van der Waals surface area (Å²) in [7, 11) is 0. The maximum atomic E-state index is 11.7. The van der Waals surface area contributed by atoms with Crippen molar-refractivity contribution < 1.29 is 9.59 Å². The third-order valence-electron chi connectivity index (χ3n) is 2.78. The predicted octanol–water partition coefficient (Wildman–Crippen LogP) is 1.31. The molecule has 2 amide bonds. The van der Waals surface area contributed by atoms with Crippen molar-refractivity contribution in [2.75, 3.05) is 0 Å². The first-order valence-electron chi connectivity index (χ1n) is 6.19. The fraction of sp³-hybridized carbons (Fsp3) is 0.308. The van der Waals surface area contributed by atoms with Crippen molar-refractivity contribution in [1.29, 1.82) is 0 Å². The van der Waals surface area contributed by atoms with Crippen molar-refractivity contribution in [3.05, 3.63) is 34.9 Å². The van der Waals surface area contributed by atoms with Gasteiger partial charge in [-0.3, -0.25) is 20.4 Å². The molecule has 3 N–H and O–H groups in total. The summed E-state index contributed by atoms with van der Waals surface area (Å²) in [5, 5.41) is 3.24. The van der Waals surface area contributed by atoms with Crippen LogP contribution in [0.1, 0.15) is 18.4 Å². The first kappa shape index (κ1) is 14.7. The average Bonchev–Trinajstić information content (AvgIpc) is 3.23. The van der Waals surface area contributed by atoms with Crippen LogP contribution in [0.2, 0.25) is 5.02 Å². The highest BCUT2D eigenvalue weighted by molar-refractivity contribution is 7.80. The lowest BCUT2D eigenvalue weighted by Gasteiger charge is -2.10. The average molecular weight is 312 g/mol. The molecular weight excluding hydrogens is 298 g/mol. The molecule has 0 aliphatic heterocycles. The number of hydrogen-bond acceptors (Lipinski definition) is 3. The molecule has 0 unspecified atom stereocenters. The van der Waals surface area contributed by atoms with Crippen LogP contribution in [0.15, 0.2) is 24.3 Å². The summed E-state index contributed by atoms with van der Waals surface area (Å²) in [5.74, 6) is -0.288. The minimum Gasteiger partial charge on any atom is -0.302 e. The van der Waals surface area contributed by atoms with Crippen molar-refractivity contribution in [3.63, 3.8) is 0 Å². The molecule has 0 spiro atoms. The third kappa shape index (κ3) is 4.79. The lowest BCUT2D eigenvalue weighted by atomic mass is 10.1. The lowest BCUT2D eigenvalue weighted by molar-refractivity contribution is -0.122. The third-order valence-corrected chi connectivity index (χ3v) is 3.23. The quantitative estimate of drug-likeness (QED) is 0.581. The summed E-state index contributed by atoms with van der Waals surface area (Å²) >= 11 is 10.7. The van der Waals surface area contributed by atoms with Gasteiger partial charge >= 0.3 is 0 Å². The van der Waals surface area contributed by atoms with Crippen LogP contribution < -0.4 is 16.2 Å². The highest BCUT2D eigenvalue weighted by atomic mass is 35.5. The zero-order chi connectivity index (χ0) is 14.5. The molecule has 0 atom stereocenters. The van der Waals surface area contributed by atoms with Crippen LogP contribution in [0.5, 0.6) is 0 Å². The molecule has 7 heteroatoms. The minimum atomic E-state index is -0.254. The van der Waals surface area contributed by atoms with Gasteiger partial charge in [0.1, 0.15) is 0 Å². The Morgan fingerprint density at radius 1 is 1.20 bits per heavy atom. The van der Waals surface area contributed by atoms with Gasteiger partial charge in [-0.25, -0.2) is 0 Å². The Kier molecular flexibility index (Phi) is 4.92. The first-order chi connectivity index (χ1) is 9.54. The van der Waals surface area contributed by atoms with Crippen LogP contribution in [0.25, 0.3) is 0 Å². The monoisotopic (exact) mass is 311 g/mol. The SMILES string of the molecule is O=C(Cc1ccc(Cl)cc1)NNC(=S)NC(=O)C1CC1. The molecular formula is C13H14ClN3O2S. The first-order valence-corrected chi connectivity index (χ1v) is 6.97. The molecule has 20 heavy (non-hydrogen) atoms. The molecule has 1 saturated carbocycles. The van der Waals surface area contributed by atoms with E-state index in [9.17, 15) is 9.59 Å². The van der Waals surface area contributed by atoms with Crippen molar-refractivity contribution >= 4 is 40.7 Å². The maximum absolute atomic E-state index is 11.7. The number of carbonyl (C=O) groups excluding carboxylic acids is 2. The molecule has 1 aromatic rings. The fourth-order valence-electron chi connectivity index (χ4n) is 1.55. The topological polar surface area (TPSA) is 70.2 Å². The van der Waals surface area contributed by atoms with E-state index in [-0.39, 0.29) is 29.3 Å². The Hall–Kier alpha value is -1.66. The van der Waals surface area contributed by atoms with Crippen molar-refractivity contribution in [2.24, 2.45) is 5.92 Å². The van der Waals surface area contributed by atoms with Crippen LogP contribution in [0, 0.1) is 5.92 Å². The summed E-state index contributed by atoms with van der Waals surface area (Å²) in [6.07, 6.45) is 2.00. The molecule has 0 bridgehead atoms. The van der Waals surface area contributed by atoms with E-state index in [0.29, 0.717) is 5.02 Å². The smallest absolute Gasteiger partial charge is 0.242 e. The molecule has 1 aliphatic carbocycles. The van der Waals surface area contributed by atoms with E-state index in [1.54, 1.807) is 24.3 Å². The molecule has 0 heterocycles. The van der Waals surface area contributed by atoms with E-state index >= 15 is 0 Å². The van der Waals surface area contributed by atoms with E-state index in [2.05, 4.69) is 16.2 Å². The number of amides is 2. The summed E-state index contributed by atoms with van der Waals surface area (Å²) < 4.78 is 0. The number of carbonyl (C=O) groups is 2. The van der Waals surface area contributed by atoms with E-state index in [1.807, 2.05) is 0 Å². The number of halogens is 1. The van der Waals surface area contributed by atoms with Crippen LogP contribution in [-0.2, 0) is 16.0 Å². The Morgan fingerprint density at radius 2 is 1.85 bits per heavy atom. The highest BCUT2D eigenvalue weighted by Gasteiger charge is 2.29. The van der Waals surface area contributed by atoms with Gasteiger partial charge < -0.3 is 5.32 Å². The summed E-state index contributed by atoms with van der Waals surface area (Å²) in [5.41, 5.74) is 5.77. The van der Waals surface area contributed by atoms with Crippen LogP contribution in [0.4, 0.5) is 0 Å². The van der Waals surface area contributed by atoms with E-state index < -0.39 is 0 Å². The largest absolute Gasteiger partial charge is 0.302 e. The second-order valence-electron chi connectivity index (χ2n) is 4.57. The van der Waals surface area contributed by atoms with Crippen molar-refractivity contribution in [1.82, 2.24) is 16.2 Å². The maximum Gasteiger partial charge on any atom is 0.242 e. The number of rotatable bonds is 3. The Morgan fingerprint density at radius 3 is 2.45 bits per heavy atom. The molecule has 5 nitrogen and oxygen atoms in total. The fourth-order valence-corrected chi connectivity index (χ4v) is 1.83. The number of nitrogens with one attached hydrogen (secondary N) is 3.